The van der Waals surface area contributed by atoms with Crippen LogP contribution in [0.4, 0.5) is 11.4 Å². The number of rotatable bonds is 7. The van der Waals surface area contributed by atoms with Crippen molar-refractivity contribution < 1.29 is 15.0 Å². The van der Waals surface area contributed by atoms with Gasteiger partial charge in [0, 0.05) is 13.1 Å². The minimum Gasteiger partial charge on any atom is -0.481 e. The number of nitrogens with two attached hydrogens (primary N) is 1. The lowest BCUT2D eigenvalue weighted by molar-refractivity contribution is -0.136. The zero-order valence-electron chi connectivity index (χ0n) is 11.5. The summed E-state index contributed by atoms with van der Waals surface area (Å²) in [7, 11) is 0. The normalized spacial score (nSPS) is 11.3. The molecular formula is C14H22N2O3. The van der Waals surface area contributed by atoms with Gasteiger partial charge in [0.2, 0.25) is 0 Å². The number of aliphatic carboxylic acids is 1. The fourth-order valence-corrected chi connectivity index (χ4v) is 1.77. The molecule has 0 aliphatic carbocycles. The quantitative estimate of drug-likeness (QED) is 0.654. The highest BCUT2D eigenvalue weighted by molar-refractivity contribution is 5.70. The van der Waals surface area contributed by atoms with Gasteiger partial charge in [-0.2, -0.15) is 0 Å². The summed E-state index contributed by atoms with van der Waals surface area (Å²) in [5.74, 6) is -0.845. The maximum Gasteiger partial charge on any atom is 0.305 e. The van der Waals surface area contributed by atoms with Crippen molar-refractivity contribution in [3.8, 4) is 0 Å². The van der Waals surface area contributed by atoms with Gasteiger partial charge < -0.3 is 20.8 Å². The Bertz CT molecular complexity index is 427. The summed E-state index contributed by atoms with van der Waals surface area (Å²) < 4.78 is 0. The van der Waals surface area contributed by atoms with Crippen molar-refractivity contribution in [2.24, 2.45) is 0 Å². The molecule has 0 aromatic heterocycles. The molecule has 0 bridgehead atoms. The van der Waals surface area contributed by atoms with E-state index in [0.29, 0.717) is 25.2 Å². The summed E-state index contributed by atoms with van der Waals surface area (Å²) in [4.78, 5) is 12.6. The highest BCUT2D eigenvalue weighted by Gasteiger charge is 2.17. The molecule has 0 amide bonds. The second kappa shape index (κ2) is 6.43. The first kappa shape index (κ1) is 15.3. The van der Waals surface area contributed by atoms with Crippen molar-refractivity contribution in [1.29, 1.82) is 0 Å². The van der Waals surface area contributed by atoms with Crippen LogP contribution in [0.3, 0.4) is 0 Å². The van der Waals surface area contributed by atoms with Crippen molar-refractivity contribution >= 4 is 17.3 Å². The lowest BCUT2D eigenvalue weighted by atomic mass is 10.0. The number of carbonyl (C=O) groups is 1. The van der Waals surface area contributed by atoms with Crippen molar-refractivity contribution in [3.63, 3.8) is 0 Å². The number of para-hydroxylation sites is 2. The number of carboxylic acids is 1. The van der Waals surface area contributed by atoms with Crippen molar-refractivity contribution in [2.45, 2.75) is 32.3 Å². The van der Waals surface area contributed by atoms with Crippen LogP contribution >= 0.6 is 0 Å². The average molecular weight is 266 g/mol. The van der Waals surface area contributed by atoms with Crippen LogP contribution in [0.1, 0.15) is 26.7 Å². The average Bonchev–Trinajstić information content (AvgIpc) is 2.29. The van der Waals surface area contributed by atoms with Gasteiger partial charge in [-0.15, -0.1) is 0 Å². The SMILES string of the molecule is CC(C)(O)CCN(CCC(=O)O)c1ccccc1N. The van der Waals surface area contributed by atoms with E-state index in [1.807, 2.05) is 23.1 Å². The number of hydrogen-bond donors (Lipinski definition) is 3. The molecule has 0 fully saturated rings. The molecule has 0 aliphatic rings. The van der Waals surface area contributed by atoms with E-state index in [2.05, 4.69) is 0 Å². The first-order valence-electron chi connectivity index (χ1n) is 6.33. The van der Waals surface area contributed by atoms with Crippen LogP contribution in [0.15, 0.2) is 24.3 Å². The molecule has 5 heteroatoms. The molecule has 19 heavy (non-hydrogen) atoms. The first-order valence-corrected chi connectivity index (χ1v) is 6.33. The molecule has 0 unspecified atom stereocenters. The fraction of sp³-hybridized carbons (Fsp3) is 0.500. The van der Waals surface area contributed by atoms with E-state index in [4.69, 9.17) is 10.8 Å². The molecule has 1 aromatic carbocycles. The van der Waals surface area contributed by atoms with Crippen LogP contribution in [0.2, 0.25) is 0 Å². The van der Waals surface area contributed by atoms with Gasteiger partial charge in [-0.05, 0) is 32.4 Å². The van der Waals surface area contributed by atoms with Crippen LogP contribution in [0.25, 0.3) is 0 Å². The molecule has 4 N–H and O–H groups in total. The molecule has 0 atom stereocenters. The summed E-state index contributed by atoms with van der Waals surface area (Å²) in [6, 6.07) is 7.35. The van der Waals surface area contributed by atoms with Gasteiger partial charge in [0.05, 0.1) is 23.4 Å². The van der Waals surface area contributed by atoms with Crippen molar-refractivity contribution in [2.75, 3.05) is 23.7 Å². The Balaban J connectivity index is 2.80. The summed E-state index contributed by atoms with van der Waals surface area (Å²) in [6.45, 7) is 4.40. The lowest BCUT2D eigenvalue weighted by Gasteiger charge is -2.28. The van der Waals surface area contributed by atoms with E-state index in [9.17, 15) is 9.90 Å². The predicted molar refractivity (Wildman–Crippen MR) is 76.2 cm³/mol. The largest absolute Gasteiger partial charge is 0.481 e. The van der Waals surface area contributed by atoms with E-state index >= 15 is 0 Å². The number of nitrogens with zero attached hydrogens (tertiary/aromatic N) is 1. The third kappa shape index (κ3) is 5.61. The molecule has 106 valence electrons. The predicted octanol–water partition coefficient (Wildman–Crippen LogP) is 1.71. The minimum absolute atomic E-state index is 0.0419. The number of carboxylic acid groups (broad SMARTS) is 1. The number of nitrogen functional groups attached to an aromatic ring is 1. The van der Waals surface area contributed by atoms with E-state index in [1.165, 1.54) is 0 Å². The molecule has 0 aliphatic heterocycles. The maximum absolute atomic E-state index is 10.7. The topological polar surface area (TPSA) is 86.8 Å². The number of aliphatic hydroxyl groups is 1. The second-order valence-corrected chi connectivity index (χ2v) is 5.25. The summed E-state index contributed by atoms with van der Waals surface area (Å²) >= 11 is 0. The maximum atomic E-state index is 10.7. The Morgan fingerprint density at radius 2 is 1.95 bits per heavy atom. The van der Waals surface area contributed by atoms with Gasteiger partial charge in [0.25, 0.3) is 0 Å². The Morgan fingerprint density at radius 1 is 1.32 bits per heavy atom. The van der Waals surface area contributed by atoms with Crippen molar-refractivity contribution in [3.05, 3.63) is 24.3 Å². The summed E-state index contributed by atoms with van der Waals surface area (Å²) in [5.41, 5.74) is 6.56. The fourth-order valence-electron chi connectivity index (χ4n) is 1.77. The standard InChI is InChI=1S/C14H22N2O3/c1-14(2,19)8-10-16(9-7-13(17)18)12-6-4-3-5-11(12)15/h3-6,19H,7-10,15H2,1-2H3,(H,17,18). The molecule has 0 spiro atoms. The third-order valence-electron chi connectivity index (χ3n) is 2.87. The zero-order chi connectivity index (χ0) is 14.5. The Labute approximate surface area is 113 Å². The molecule has 1 rings (SSSR count). The van der Waals surface area contributed by atoms with Crippen LogP contribution in [0, 0.1) is 0 Å². The van der Waals surface area contributed by atoms with Gasteiger partial charge in [0.15, 0.2) is 0 Å². The molecule has 1 aromatic rings. The smallest absolute Gasteiger partial charge is 0.305 e. The van der Waals surface area contributed by atoms with E-state index < -0.39 is 11.6 Å². The molecular weight excluding hydrogens is 244 g/mol. The number of anilines is 2. The zero-order valence-corrected chi connectivity index (χ0v) is 11.5. The molecule has 5 nitrogen and oxygen atoms in total. The van der Waals surface area contributed by atoms with E-state index in [-0.39, 0.29) is 6.42 Å². The Kier molecular flexibility index (Phi) is 5.18. The Hall–Kier alpha value is -1.75. The van der Waals surface area contributed by atoms with E-state index in [0.717, 1.165) is 5.69 Å². The highest BCUT2D eigenvalue weighted by Crippen LogP contribution is 2.24. The van der Waals surface area contributed by atoms with Gasteiger partial charge in [-0.1, -0.05) is 12.1 Å². The van der Waals surface area contributed by atoms with Gasteiger partial charge in [0.1, 0.15) is 0 Å². The van der Waals surface area contributed by atoms with Crippen LogP contribution < -0.4 is 10.6 Å². The summed E-state index contributed by atoms with van der Waals surface area (Å²) in [5, 5.41) is 18.6. The van der Waals surface area contributed by atoms with E-state index in [1.54, 1.807) is 19.9 Å². The monoisotopic (exact) mass is 266 g/mol. The van der Waals surface area contributed by atoms with Gasteiger partial charge >= 0.3 is 5.97 Å². The highest BCUT2D eigenvalue weighted by atomic mass is 16.4. The van der Waals surface area contributed by atoms with Crippen LogP contribution in [0.5, 0.6) is 0 Å². The summed E-state index contributed by atoms with van der Waals surface area (Å²) in [6.07, 6.45) is 0.584. The lowest BCUT2D eigenvalue weighted by Crippen LogP contribution is -2.33. The number of benzene rings is 1. The van der Waals surface area contributed by atoms with Crippen LogP contribution in [-0.2, 0) is 4.79 Å². The molecule has 0 saturated carbocycles. The molecule has 0 saturated heterocycles. The van der Waals surface area contributed by atoms with Gasteiger partial charge in [-0.25, -0.2) is 0 Å². The molecule has 0 radical (unpaired) electrons. The minimum atomic E-state index is -0.845. The molecule has 0 heterocycles. The third-order valence-corrected chi connectivity index (χ3v) is 2.87. The first-order chi connectivity index (χ1) is 8.79. The van der Waals surface area contributed by atoms with Crippen molar-refractivity contribution in [1.82, 2.24) is 0 Å². The Morgan fingerprint density at radius 3 is 2.47 bits per heavy atom. The number of hydrogen-bond acceptors (Lipinski definition) is 4. The second-order valence-electron chi connectivity index (χ2n) is 5.25. The van der Waals surface area contributed by atoms with Crippen LogP contribution in [-0.4, -0.2) is 34.9 Å². The van der Waals surface area contributed by atoms with Gasteiger partial charge in [-0.3, -0.25) is 4.79 Å².